The minimum absolute atomic E-state index is 0.197. The molecule has 0 unspecified atom stereocenters. The van der Waals surface area contributed by atoms with E-state index in [1.807, 2.05) is 13.8 Å². The molecular weight excluding hydrogens is 196 g/mol. The molecule has 1 N–H and O–H groups in total. The zero-order valence-electron chi connectivity index (χ0n) is 8.82. The third kappa shape index (κ3) is 3.19. The summed E-state index contributed by atoms with van der Waals surface area (Å²) in [5.74, 6) is -0.828. The number of hydrogen-bond acceptors (Lipinski definition) is 3. The van der Waals surface area contributed by atoms with Gasteiger partial charge in [-0.1, -0.05) is 13.8 Å². The number of hydrogen-bond donors (Lipinski definition) is 1. The second-order valence-corrected chi connectivity index (χ2v) is 3.79. The minimum Gasteiger partial charge on any atom is -0.354 e. The van der Waals surface area contributed by atoms with Crippen molar-refractivity contribution in [3.05, 3.63) is 12.2 Å². The quantitative estimate of drug-likeness (QED) is 0.647. The van der Waals surface area contributed by atoms with E-state index in [-0.39, 0.29) is 12.5 Å². The summed E-state index contributed by atoms with van der Waals surface area (Å²) >= 11 is 0. The van der Waals surface area contributed by atoms with Crippen LogP contribution in [-0.2, 0) is 14.4 Å². The minimum atomic E-state index is -0.431. The van der Waals surface area contributed by atoms with E-state index in [0.29, 0.717) is 12.5 Å². The van der Waals surface area contributed by atoms with Gasteiger partial charge in [-0.05, 0) is 5.92 Å². The molecule has 82 valence electrons. The van der Waals surface area contributed by atoms with Gasteiger partial charge < -0.3 is 5.32 Å². The van der Waals surface area contributed by atoms with Crippen molar-refractivity contribution in [1.82, 2.24) is 10.2 Å². The van der Waals surface area contributed by atoms with Gasteiger partial charge in [0.25, 0.3) is 11.8 Å². The van der Waals surface area contributed by atoms with Crippen molar-refractivity contribution in [2.45, 2.75) is 13.8 Å². The van der Waals surface area contributed by atoms with Crippen LogP contribution < -0.4 is 5.32 Å². The molecule has 3 amide bonds. The van der Waals surface area contributed by atoms with Crippen LogP contribution in [0, 0.1) is 5.92 Å². The smallest absolute Gasteiger partial charge is 0.254 e. The van der Waals surface area contributed by atoms with Crippen LogP contribution in [0.2, 0.25) is 0 Å². The molecular formula is C10H14N2O3. The summed E-state index contributed by atoms with van der Waals surface area (Å²) in [6.07, 6.45) is 2.33. The number of imide groups is 1. The lowest BCUT2D eigenvalue weighted by atomic mass is 10.2. The van der Waals surface area contributed by atoms with Crippen LogP contribution in [-0.4, -0.2) is 35.7 Å². The predicted molar refractivity (Wildman–Crippen MR) is 53.7 cm³/mol. The van der Waals surface area contributed by atoms with Crippen LogP contribution in [0.25, 0.3) is 0 Å². The van der Waals surface area contributed by atoms with Crippen molar-refractivity contribution >= 4 is 17.7 Å². The molecule has 0 spiro atoms. The number of nitrogens with zero attached hydrogens (tertiary/aromatic N) is 1. The monoisotopic (exact) mass is 210 g/mol. The van der Waals surface area contributed by atoms with Crippen molar-refractivity contribution in [3.63, 3.8) is 0 Å². The fourth-order valence-corrected chi connectivity index (χ4v) is 1.10. The van der Waals surface area contributed by atoms with Crippen LogP contribution in [0.3, 0.4) is 0 Å². The Morgan fingerprint density at radius 3 is 2.33 bits per heavy atom. The highest BCUT2D eigenvalue weighted by molar-refractivity contribution is 6.14. The van der Waals surface area contributed by atoms with E-state index in [1.54, 1.807) is 0 Å². The largest absolute Gasteiger partial charge is 0.354 e. The average Bonchev–Trinajstić information content (AvgIpc) is 2.46. The van der Waals surface area contributed by atoms with E-state index >= 15 is 0 Å². The zero-order chi connectivity index (χ0) is 11.4. The fourth-order valence-electron chi connectivity index (χ4n) is 1.10. The Morgan fingerprint density at radius 2 is 1.87 bits per heavy atom. The second kappa shape index (κ2) is 4.72. The van der Waals surface area contributed by atoms with Gasteiger partial charge in [0.05, 0.1) is 0 Å². The van der Waals surface area contributed by atoms with Gasteiger partial charge in [0.1, 0.15) is 6.54 Å². The van der Waals surface area contributed by atoms with Gasteiger partial charge in [-0.3, -0.25) is 19.3 Å². The standard InChI is InChI=1S/C10H14N2O3/c1-7(2)5-11-8(13)6-12-9(14)3-4-10(12)15/h3-4,7H,5-6H2,1-2H3,(H,11,13). The highest BCUT2D eigenvalue weighted by Crippen LogP contribution is 2.02. The normalized spacial score (nSPS) is 15.3. The van der Waals surface area contributed by atoms with Gasteiger partial charge in [-0.2, -0.15) is 0 Å². The molecule has 0 aromatic heterocycles. The van der Waals surface area contributed by atoms with E-state index in [4.69, 9.17) is 0 Å². The zero-order valence-corrected chi connectivity index (χ0v) is 8.82. The second-order valence-electron chi connectivity index (χ2n) is 3.79. The van der Waals surface area contributed by atoms with Gasteiger partial charge in [0, 0.05) is 18.7 Å². The molecule has 0 atom stereocenters. The Balaban J connectivity index is 2.38. The van der Waals surface area contributed by atoms with Crippen molar-refractivity contribution in [2.24, 2.45) is 5.92 Å². The molecule has 5 nitrogen and oxygen atoms in total. The summed E-state index contributed by atoms with van der Waals surface area (Å²) in [5, 5.41) is 2.64. The maximum atomic E-state index is 11.3. The third-order valence-electron chi connectivity index (χ3n) is 1.91. The molecule has 1 rings (SSSR count). The summed E-state index contributed by atoms with van der Waals surface area (Å²) in [4.78, 5) is 34.4. The van der Waals surface area contributed by atoms with Gasteiger partial charge in [0.15, 0.2) is 0 Å². The Morgan fingerprint density at radius 1 is 1.33 bits per heavy atom. The molecule has 0 saturated carbocycles. The highest BCUT2D eigenvalue weighted by atomic mass is 16.2. The topological polar surface area (TPSA) is 66.5 Å². The van der Waals surface area contributed by atoms with Gasteiger partial charge in [-0.15, -0.1) is 0 Å². The van der Waals surface area contributed by atoms with E-state index in [9.17, 15) is 14.4 Å². The van der Waals surface area contributed by atoms with Crippen molar-refractivity contribution in [2.75, 3.05) is 13.1 Å². The van der Waals surface area contributed by atoms with Gasteiger partial charge in [-0.25, -0.2) is 0 Å². The van der Waals surface area contributed by atoms with E-state index in [2.05, 4.69) is 5.32 Å². The molecule has 0 radical (unpaired) electrons. The maximum Gasteiger partial charge on any atom is 0.254 e. The number of carbonyl (C=O) groups is 3. The summed E-state index contributed by atoms with van der Waals surface area (Å²) in [6, 6.07) is 0. The molecule has 1 heterocycles. The molecule has 0 aromatic carbocycles. The fraction of sp³-hybridized carbons (Fsp3) is 0.500. The van der Waals surface area contributed by atoms with Crippen LogP contribution >= 0.6 is 0 Å². The van der Waals surface area contributed by atoms with Crippen LogP contribution in [0.1, 0.15) is 13.8 Å². The molecule has 1 aliphatic heterocycles. The lowest BCUT2D eigenvalue weighted by Gasteiger charge is -2.14. The van der Waals surface area contributed by atoms with Crippen LogP contribution in [0.5, 0.6) is 0 Å². The first kappa shape index (κ1) is 11.4. The number of amides is 3. The Bertz CT molecular complexity index is 303. The van der Waals surface area contributed by atoms with Gasteiger partial charge in [0.2, 0.25) is 5.91 Å². The van der Waals surface area contributed by atoms with Crippen molar-refractivity contribution in [1.29, 1.82) is 0 Å². The van der Waals surface area contributed by atoms with E-state index in [0.717, 1.165) is 17.1 Å². The molecule has 0 aliphatic carbocycles. The van der Waals surface area contributed by atoms with Crippen molar-refractivity contribution in [3.8, 4) is 0 Å². The number of carbonyl (C=O) groups excluding carboxylic acids is 3. The molecule has 0 saturated heterocycles. The molecule has 0 fully saturated rings. The first-order chi connectivity index (χ1) is 7.00. The average molecular weight is 210 g/mol. The van der Waals surface area contributed by atoms with Crippen LogP contribution in [0.4, 0.5) is 0 Å². The summed E-state index contributed by atoms with van der Waals surface area (Å²) in [6.45, 7) is 4.28. The Kier molecular flexibility index (Phi) is 3.60. The predicted octanol–water partition coefficient (Wildman–Crippen LogP) is -0.316. The SMILES string of the molecule is CC(C)CNC(=O)CN1C(=O)C=CC1=O. The molecule has 0 bridgehead atoms. The third-order valence-corrected chi connectivity index (χ3v) is 1.91. The molecule has 15 heavy (non-hydrogen) atoms. The van der Waals surface area contributed by atoms with E-state index < -0.39 is 11.8 Å². The molecule has 1 aliphatic rings. The summed E-state index contributed by atoms with van der Waals surface area (Å²) in [5.41, 5.74) is 0. The summed E-state index contributed by atoms with van der Waals surface area (Å²) in [7, 11) is 0. The van der Waals surface area contributed by atoms with Gasteiger partial charge >= 0.3 is 0 Å². The highest BCUT2D eigenvalue weighted by Gasteiger charge is 2.25. The summed E-state index contributed by atoms with van der Waals surface area (Å²) < 4.78 is 0. The molecule has 0 aromatic rings. The first-order valence-electron chi connectivity index (χ1n) is 4.81. The maximum absolute atomic E-state index is 11.3. The number of rotatable bonds is 4. The Hall–Kier alpha value is -1.65. The van der Waals surface area contributed by atoms with Crippen molar-refractivity contribution < 1.29 is 14.4 Å². The molecule has 5 heteroatoms. The van der Waals surface area contributed by atoms with E-state index in [1.165, 1.54) is 0 Å². The lowest BCUT2D eigenvalue weighted by molar-refractivity contribution is -0.141. The van der Waals surface area contributed by atoms with Crippen LogP contribution in [0.15, 0.2) is 12.2 Å². The lowest BCUT2D eigenvalue weighted by Crippen LogP contribution is -2.41. The first-order valence-corrected chi connectivity index (χ1v) is 4.81. The number of nitrogens with one attached hydrogen (secondary N) is 1. The Labute approximate surface area is 88.1 Å².